The largest absolute Gasteiger partial charge is 0.402 e. The minimum absolute atomic E-state index is 0.135. The number of thiophene rings is 1. The smallest absolute Gasteiger partial charge is 0.391 e. The number of alkyl halides is 3. The fourth-order valence-corrected chi connectivity index (χ4v) is 4.08. The van der Waals surface area contributed by atoms with E-state index >= 15 is 0 Å². The first-order valence-electron chi connectivity index (χ1n) is 4.96. The quantitative estimate of drug-likeness (QED) is 0.902. The van der Waals surface area contributed by atoms with E-state index in [2.05, 4.69) is 0 Å². The summed E-state index contributed by atoms with van der Waals surface area (Å²) in [4.78, 5) is -0.128. The second-order valence-electron chi connectivity index (χ2n) is 3.41. The lowest BCUT2D eigenvalue weighted by atomic mass is 10.5. The van der Waals surface area contributed by atoms with Crippen LogP contribution in [0.5, 0.6) is 0 Å². The van der Waals surface area contributed by atoms with Gasteiger partial charge >= 0.3 is 6.18 Å². The maximum Gasteiger partial charge on any atom is 0.402 e. The summed E-state index contributed by atoms with van der Waals surface area (Å²) in [5, 5.41) is 10.4. The van der Waals surface area contributed by atoms with Gasteiger partial charge in [-0.1, -0.05) is 6.92 Å². The Hall–Kier alpha value is -0.640. The van der Waals surface area contributed by atoms with Crippen molar-refractivity contribution < 1.29 is 26.7 Å². The molecular formula is C9H12F3NO3S2. The van der Waals surface area contributed by atoms with Gasteiger partial charge in [0, 0.05) is 11.4 Å². The van der Waals surface area contributed by atoms with Gasteiger partial charge in [0.2, 0.25) is 10.0 Å². The molecule has 1 rings (SSSR count). The van der Waals surface area contributed by atoms with Gasteiger partial charge in [-0.05, 0) is 11.4 Å². The molecule has 1 aromatic rings. The van der Waals surface area contributed by atoms with E-state index in [1.165, 1.54) is 18.4 Å². The summed E-state index contributed by atoms with van der Waals surface area (Å²) >= 11 is 0.985. The number of hydrogen-bond donors (Lipinski definition) is 1. The average Bonchev–Trinajstić information content (AvgIpc) is 2.72. The van der Waals surface area contributed by atoms with Crippen LogP contribution < -0.4 is 0 Å². The van der Waals surface area contributed by atoms with Gasteiger partial charge in [-0.2, -0.15) is 17.5 Å². The van der Waals surface area contributed by atoms with Gasteiger partial charge in [0.25, 0.3) is 0 Å². The van der Waals surface area contributed by atoms with Crippen molar-refractivity contribution >= 4 is 21.4 Å². The van der Waals surface area contributed by atoms with E-state index < -0.39 is 29.4 Å². The summed E-state index contributed by atoms with van der Waals surface area (Å²) in [5.74, 6) is 0. The molecule has 0 bridgehead atoms. The van der Waals surface area contributed by atoms with Crippen LogP contribution in [-0.2, 0) is 16.6 Å². The van der Waals surface area contributed by atoms with E-state index in [4.69, 9.17) is 5.11 Å². The first-order valence-corrected chi connectivity index (χ1v) is 7.28. The number of halogens is 3. The third kappa shape index (κ3) is 3.44. The predicted molar refractivity (Wildman–Crippen MR) is 60.7 cm³/mol. The zero-order valence-corrected chi connectivity index (χ0v) is 11.1. The lowest BCUT2D eigenvalue weighted by molar-refractivity contribution is -0.135. The monoisotopic (exact) mass is 303 g/mol. The van der Waals surface area contributed by atoms with Crippen LogP contribution in [0.4, 0.5) is 13.2 Å². The van der Waals surface area contributed by atoms with Crippen LogP contribution in [0, 0.1) is 0 Å². The number of sulfonamides is 1. The van der Waals surface area contributed by atoms with Gasteiger partial charge in [-0.25, -0.2) is 8.42 Å². The molecule has 0 saturated heterocycles. The Kier molecular flexibility index (Phi) is 4.76. The van der Waals surface area contributed by atoms with Crippen LogP contribution in [0.3, 0.4) is 0 Å². The normalized spacial score (nSPS) is 13.2. The minimum Gasteiger partial charge on any atom is -0.391 e. The highest BCUT2D eigenvalue weighted by Gasteiger charge is 2.37. The fourth-order valence-electron chi connectivity index (χ4n) is 1.38. The molecule has 104 valence electrons. The van der Waals surface area contributed by atoms with Crippen molar-refractivity contribution in [2.45, 2.75) is 24.6 Å². The van der Waals surface area contributed by atoms with Crippen molar-refractivity contribution in [3.8, 4) is 0 Å². The third-order valence-corrected chi connectivity index (χ3v) is 5.21. The summed E-state index contributed by atoms with van der Waals surface area (Å²) in [7, 11) is -4.22. The van der Waals surface area contributed by atoms with Gasteiger partial charge in [0.05, 0.1) is 11.5 Å². The molecule has 0 fully saturated rings. The van der Waals surface area contributed by atoms with Crippen molar-refractivity contribution in [2.24, 2.45) is 0 Å². The highest BCUT2D eigenvalue weighted by molar-refractivity contribution is 7.89. The van der Waals surface area contributed by atoms with E-state index in [1.54, 1.807) is 0 Å². The molecule has 0 aliphatic carbocycles. The van der Waals surface area contributed by atoms with Crippen molar-refractivity contribution in [3.05, 3.63) is 16.3 Å². The molecule has 0 spiro atoms. The molecule has 0 aromatic carbocycles. The molecule has 1 N–H and O–H groups in total. The zero-order chi connectivity index (χ0) is 14.0. The Morgan fingerprint density at radius 1 is 1.44 bits per heavy atom. The van der Waals surface area contributed by atoms with E-state index in [0.29, 0.717) is 4.31 Å². The van der Waals surface area contributed by atoms with Gasteiger partial charge < -0.3 is 5.11 Å². The van der Waals surface area contributed by atoms with E-state index in [9.17, 15) is 21.6 Å². The Balaban J connectivity index is 3.12. The Labute approximate surface area is 107 Å². The number of rotatable bonds is 5. The predicted octanol–water partition coefficient (Wildman–Crippen LogP) is 1.81. The van der Waals surface area contributed by atoms with E-state index in [0.717, 1.165) is 11.3 Å². The SMILES string of the molecule is CCN(CC(F)(F)F)S(=O)(=O)c1ccsc1CO. The molecule has 0 aliphatic rings. The third-order valence-electron chi connectivity index (χ3n) is 2.17. The maximum atomic E-state index is 12.3. The summed E-state index contributed by atoms with van der Waals surface area (Å²) in [6.07, 6.45) is -4.60. The lowest BCUT2D eigenvalue weighted by Crippen LogP contribution is -2.38. The highest BCUT2D eigenvalue weighted by atomic mass is 32.2. The van der Waals surface area contributed by atoms with Crippen molar-refractivity contribution in [1.29, 1.82) is 0 Å². The van der Waals surface area contributed by atoms with Gasteiger partial charge in [0.15, 0.2) is 0 Å². The van der Waals surface area contributed by atoms with Gasteiger partial charge in [-0.15, -0.1) is 11.3 Å². The molecule has 0 amide bonds. The number of aliphatic hydroxyl groups is 1. The fraction of sp³-hybridized carbons (Fsp3) is 0.556. The highest BCUT2D eigenvalue weighted by Crippen LogP contribution is 2.27. The van der Waals surface area contributed by atoms with Gasteiger partial charge in [0.1, 0.15) is 6.54 Å². The van der Waals surface area contributed by atoms with Gasteiger partial charge in [-0.3, -0.25) is 0 Å². The van der Waals surface area contributed by atoms with Crippen molar-refractivity contribution in [3.63, 3.8) is 0 Å². The Bertz CT molecular complexity index is 495. The Morgan fingerprint density at radius 2 is 2.06 bits per heavy atom. The first kappa shape index (κ1) is 15.4. The molecule has 18 heavy (non-hydrogen) atoms. The first-order chi connectivity index (χ1) is 8.22. The average molecular weight is 303 g/mol. The topological polar surface area (TPSA) is 57.6 Å². The summed E-state index contributed by atoms with van der Waals surface area (Å²) < 4.78 is 61.2. The van der Waals surface area contributed by atoms with Crippen molar-refractivity contribution in [1.82, 2.24) is 4.31 Å². The molecule has 0 unspecified atom stereocenters. The number of aliphatic hydroxyl groups excluding tert-OH is 1. The molecule has 9 heteroatoms. The minimum atomic E-state index is -4.60. The van der Waals surface area contributed by atoms with E-state index in [-0.39, 0.29) is 16.3 Å². The number of hydrogen-bond acceptors (Lipinski definition) is 4. The maximum absolute atomic E-state index is 12.3. The zero-order valence-electron chi connectivity index (χ0n) is 9.44. The van der Waals surface area contributed by atoms with E-state index in [1.807, 2.05) is 0 Å². The van der Waals surface area contributed by atoms with Crippen LogP contribution in [0.15, 0.2) is 16.3 Å². The standard InChI is InChI=1S/C9H12F3NO3S2/c1-2-13(6-9(10,11)12)18(15,16)8-3-4-17-7(8)5-14/h3-4,14H,2,5-6H2,1H3. The summed E-state index contributed by atoms with van der Waals surface area (Å²) in [6.45, 7) is -1.01. The van der Waals surface area contributed by atoms with Crippen LogP contribution >= 0.6 is 11.3 Å². The van der Waals surface area contributed by atoms with Crippen LogP contribution in [0.2, 0.25) is 0 Å². The second-order valence-corrected chi connectivity index (χ2v) is 6.32. The summed E-state index contributed by atoms with van der Waals surface area (Å²) in [6, 6.07) is 1.20. The Morgan fingerprint density at radius 3 is 2.50 bits per heavy atom. The molecule has 1 aromatic heterocycles. The second kappa shape index (κ2) is 5.55. The molecular weight excluding hydrogens is 291 g/mol. The molecule has 0 atom stereocenters. The van der Waals surface area contributed by atoms with Crippen molar-refractivity contribution in [2.75, 3.05) is 13.1 Å². The summed E-state index contributed by atoms with van der Waals surface area (Å²) in [5.41, 5.74) is 0. The molecule has 1 heterocycles. The molecule has 0 saturated carbocycles. The molecule has 4 nitrogen and oxygen atoms in total. The lowest BCUT2D eigenvalue weighted by Gasteiger charge is -2.21. The number of nitrogens with zero attached hydrogens (tertiary/aromatic N) is 1. The van der Waals surface area contributed by atoms with Crippen LogP contribution in [0.1, 0.15) is 11.8 Å². The molecule has 0 aliphatic heterocycles. The van der Waals surface area contributed by atoms with Crippen LogP contribution in [-0.4, -0.2) is 37.1 Å². The van der Waals surface area contributed by atoms with Crippen LogP contribution in [0.25, 0.3) is 0 Å². The molecule has 0 radical (unpaired) electrons.